The van der Waals surface area contributed by atoms with Gasteiger partial charge >= 0.3 is 0 Å². The quantitative estimate of drug-likeness (QED) is 0.695. The van der Waals surface area contributed by atoms with Crippen molar-refractivity contribution < 1.29 is 13.2 Å². The van der Waals surface area contributed by atoms with Crippen LogP contribution in [0.4, 0.5) is 0 Å². The number of hydrogen-bond acceptors (Lipinski definition) is 6. The third-order valence-corrected chi connectivity index (χ3v) is 4.15. The van der Waals surface area contributed by atoms with Crippen molar-refractivity contribution in [3.63, 3.8) is 0 Å². The number of sulfonamides is 1. The summed E-state index contributed by atoms with van der Waals surface area (Å²) in [6.45, 7) is 1.65. The van der Waals surface area contributed by atoms with Crippen LogP contribution in [0.1, 0.15) is 16.1 Å². The molecule has 0 fully saturated rings. The first-order valence-corrected chi connectivity index (χ1v) is 7.33. The van der Waals surface area contributed by atoms with Gasteiger partial charge in [0, 0.05) is 12.3 Å². The lowest BCUT2D eigenvalue weighted by atomic mass is 10.2. The van der Waals surface area contributed by atoms with Crippen LogP contribution in [-0.4, -0.2) is 39.1 Å². The minimum Gasteiger partial charge on any atom is -0.268 e. The first kappa shape index (κ1) is 13.2. The van der Waals surface area contributed by atoms with Gasteiger partial charge in [-0.1, -0.05) is 0 Å². The van der Waals surface area contributed by atoms with E-state index in [4.69, 9.17) is 0 Å². The molecule has 0 saturated carbocycles. The number of aromatic amines is 1. The first-order chi connectivity index (χ1) is 9.99. The Labute approximate surface area is 119 Å². The van der Waals surface area contributed by atoms with E-state index in [0.717, 1.165) is 0 Å². The lowest BCUT2D eigenvalue weighted by molar-refractivity contribution is 0.0979. The van der Waals surface area contributed by atoms with Crippen molar-refractivity contribution in [2.75, 3.05) is 0 Å². The number of nitrogens with zero attached hydrogens (tertiary/aromatic N) is 4. The highest BCUT2D eigenvalue weighted by molar-refractivity contribution is 7.90. The summed E-state index contributed by atoms with van der Waals surface area (Å²) in [6.07, 6.45) is 4.13. The molecule has 0 spiro atoms. The molecule has 10 heteroatoms. The maximum absolute atomic E-state index is 12.1. The third kappa shape index (κ3) is 2.25. The zero-order valence-electron chi connectivity index (χ0n) is 10.8. The number of fused-ring (bicyclic) bond motifs is 1. The zero-order chi connectivity index (χ0) is 15.0. The number of aromatic nitrogens is 5. The first-order valence-electron chi connectivity index (χ1n) is 5.85. The van der Waals surface area contributed by atoms with E-state index in [0.29, 0.717) is 11.3 Å². The molecule has 3 aromatic heterocycles. The van der Waals surface area contributed by atoms with Crippen LogP contribution in [-0.2, 0) is 10.0 Å². The molecule has 3 heterocycles. The molecule has 0 unspecified atom stereocenters. The van der Waals surface area contributed by atoms with Gasteiger partial charge in [-0.2, -0.15) is 18.6 Å². The number of nitrogens with one attached hydrogen (secondary N) is 2. The smallest absolute Gasteiger partial charge is 0.268 e. The van der Waals surface area contributed by atoms with E-state index in [1.54, 1.807) is 19.2 Å². The molecule has 0 atom stereocenters. The van der Waals surface area contributed by atoms with Gasteiger partial charge < -0.3 is 0 Å². The third-order valence-electron chi connectivity index (χ3n) is 2.89. The number of carbonyl (C=O) groups is 1. The molecule has 0 aliphatic carbocycles. The number of rotatable bonds is 3. The maximum Gasteiger partial charge on any atom is 0.281 e. The number of H-pyrrole nitrogens is 1. The highest BCUT2D eigenvalue weighted by Crippen LogP contribution is 2.10. The second-order valence-electron chi connectivity index (χ2n) is 4.21. The molecule has 0 aliphatic rings. The van der Waals surface area contributed by atoms with E-state index in [1.165, 1.54) is 23.0 Å². The summed E-state index contributed by atoms with van der Waals surface area (Å²) < 4.78 is 27.3. The Morgan fingerprint density at radius 1 is 1.33 bits per heavy atom. The fourth-order valence-electron chi connectivity index (χ4n) is 1.84. The summed E-state index contributed by atoms with van der Waals surface area (Å²) in [5.41, 5.74) is 1.18. The lowest BCUT2D eigenvalue weighted by Gasteiger charge is -2.08. The van der Waals surface area contributed by atoms with Crippen LogP contribution < -0.4 is 4.72 Å². The summed E-state index contributed by atoms with van der Waals surface area (Å²) in [5.74, 6) is -0.785. The second-order valence-corrected chi connectivity index (χ2v) is 5.86. The number of hydrogen-bond donors (Lipinski definition) is 2. The lowest BCUT2D eigenvalue weighted by Crippen LogP contribution is -2.31. The molecule has 0 radical (unpaired) electrons. The molecule has 3 aromatic rings. The Bertz CT molecular complexity index is 913. The van der Waals surface area contributed by atoms with E-state index in [9.17, 15) is 13.2 Å². The van der Waals surface area contributed by atoms with Crippen LogP contribution >= 0.6 is 0 Å². The Balaban J connectivity index is 1.96. The monoisotopic (exact) mass is 306 g/mol. The molecule has 108 valence electrons. The van der Waals surface area contributed by atoms with E-state index >= 15 is 0 Å². The highest BCUT2D eigenvalue weighted by atomic mass is 32.2. The SMILES string of the molecule is Cc1c(C(=O)NS(=O)(=O)c2ccn[nH]2)cnc2ccnn12. The Morgan fingerprint density at radius 2 is 2.14 bits per heavy atom. The predicted octanol–water partition coefficient (Wildman–Crippen LogP) is -0.120. The minimum absolute atomic E-state index is 0.120. The number of amides is 1. The van der Waals surface area contributed by atoms with Crippen molar-refractivity contribution in [2.24, 2.45) is 0 Å². The van der Waals surface area contributed by atoms with Crippen molar-refractivity contribution in [3.05, 3.63) is 42.0 Å². The van der Waals surface area contributed by atoms with Crippen molar-refractivity contribution in [3.8, 4) is 0 Å². The molecule has 0 aliphatic heterocycles. The van der Waals surface area contributed by atoms with E-state index < -0.39 is 15.9 Å². The van der Waals surface area contributed by atoms with Crippen molar-refractivity contribution in [2.45, 2.75) is 11.9 Å². The van der Waals surface area contributed by atoms with Crippen molar-refractivity contribution in [1.82, 2.24) is 29.5 Å². The van der Waals surface area contributed by atoms with E-state index in [2.05, 4.69) is 20.3 Å². The van der Waals surface area contributed by atoms with Crippen LogP contribution in [0.3, 0.4) is 0 Å². The van der Waals surface area contributed by atoms with Crippen molar-refractivity contribution >= 4 is 21.6 Å². The number of carbonyl (C=O) groups excluding carboxylic acids is 1. The summed E-state index contributed by atoms with van der Waals surface area (Å²) in [7, 11) is -4.00. The molecule has 1 amide bonds. The normalized spacial score (nSPS) is 11.7. The summed E-state index contributed by atoms with van der Waals surface area (Å²) in [4.78, 5) is 16.2. The van der Waals surface area contributed by atoms with Gasteiger partial charge in [0.1, 0.15) is 0 Å². The van der Waals surface area contributed by atoms with Gasteiger partial charge in [-0.15, -0.1) is 0 Å². The Hall–Kier alpha value is -2.75. The molecule has 9 nitrogen and oxygen atoms in total. The maximum atomic E-state index is 12.1. The fourth-order valence-corrected chi connectivity index (χ4v) is 2.72. The van der Waals surface area contributed by atoms with Crippen LogP contribution in [0.25, 0.3) is 5.65 Å². The standard InChI is InChI=1S/C11H10N6O3S/c1-7-8(6-12-9-2-5-14-17(7)9)11(18)16-21(19,20)10-3-4-13-15-10/h2-6H,1H3,(H,13,15)(H,16,18). The molecule has 3 rings (SSSR count). The van der Waals surface area contributed by atoms with Gasteiger partial charge in [-0.3, -0.25) is 9.89 Å². The van der Waals surface area contributed by atoms with Gasteiger partial charge in [-0.05, 0) is 13.0 Å². The Kier molecular flexibility index (Phi) is 2.94. The fraction of sp³-hybridized carbons (Fsp3) is 0.0909. The van der Waals surface area contributed by atoms with Crippen molar-refractivity contribution in [1.29, 1.82) is 0 Å². The molecule has 0 saturated heterocycles. The molecule has 2 N–H and O–H groups in total. The molecule has 0 bridgehead atoms. The van der Waals surface area contributed by atoms with E-state index in [1.807, 2.05) is 4.72 Å². The van der Waals surface area contributed by atoms with Gasteiger partial charge in [0.05, 0.1) is 23.7 Å². The summed E-state index contributed by atoms with van der Waals surface area (Å²) >= 11 is 0. The summed E-state index contributed by atoms with van der Waals surface area (Å²) in [5, 5.41) is 9.65. The van der Waals surface area contributed by atoms with Crippen LogP contribution in [0, 0.1) is 6.92 Å². The topological polar surface area (TPSA) is 122 Å². The number of aryl methyl sites for hydroxylation is 1. The zero-order valence-corrected chi connectivity index (χ0v) is 11.6. The minimum atomic E-state index is -4.00. The van der Waals surface area contributed by atoms with Gasteiger partial charge in [-0.25, -0.2) is 14.2 Å². The highest BCUT2D eigenvalue weighted by Gasteiger charge is 2.22. The molecule has 21 heavy (non-hydrogen) atoms. The van der Waals surface area contributed by atoms with Crippen LogP contribution in [0.15, 0.2) is 35.7 Å². The second kappa shape index (κ2) is 4.66. The van der Waals surface area contributed by atoms with Gasteiger partial charge in [0.25, 0.3) is 15.9 Å². The van der Waals surface area contributed by atoms with Crippen LogP contribution in [0.5, 0.6) is 0 Å². The average Bonchev–Trinajstić information content (AvgIpc) is 3.10. The van der Waals surface area contributed by atoms with Gasteiger partial charge in [0.15, 0.2) is 10.7 Å². The summed E-state index contributed by atoms with van der Waals surface area (Å²) in [6, 6.07) is 2.92. The molecular formula is C11H10N6O3S. The van der Waals surface area contributed by atoms with Crippen LogP contribution in [0.2, 0.25) is 0 Å². The van der Waals surface area contributed by atoms with Gasteiger partial charge in [0.2, 0.25) is 0 Å². The predicted molar refractivity (Wildman–Crippen MR) is 71.0 cm³/mol. The largest absolute Gasteiger partial charge is 0.281 e. The van der Waals surface area contributed by atoms with E-state index in [-0.39, 0.29) is 10.6 Å². The Morgan fingerprint density at radius 3 is 2.86 bits per heavy atom. The molecule has 0 aromatic carbocycles. The molecular weight excluding hydrogens is 296 g/mol. The average molecular weight is 306 g/mol.